The molecule has 0 aliphatic heterocycles. The molecule has 0 unspecified atom stereocenters. The second-order valence-corrected chi connectivity index (χ2v) is 7.94. The van der Waals surface area contributed by atoms with Crippen molar-refractivity contribution in [2.24, 2.45) is 11.8 Å². The number of rotatable bonds is 12. The molecule has 0 spiro atoms. The molecular formula is C22H41N. The predicted octanol–water partition coefficient (Wildman–Crippen LogP) is 6.58. The molecule has 0 aromatic carbocycles. The summed E-state index contributed by atoms with van der Waals surface area (Å²) in [5.74, 6) is 2.01. The van der Waals surface area contributed by atoms with Crippen molar-refractivity contribution in [2.75, 3.05) is 13.1 Å². The summed E-state index contributed by atoms with van der Waals surface area (Å²) in [6.45, 7) is 9.52. The van der Waals surface area contributed by atoms with Crippen LogP contribution in [0, 0.1) is 11.8 Å². The van der Waals surface area contributed by atoms with E-state index in [2.05, 4.69) is 37.8 Å². The first-order chi connectivity index (χ1) is 11.3. The van der Waals surface area contributed by atoms with Gasteiger partial charge in [-0.05, 0) is 76.3 Å². The average molecular weight is 320 g/mol. The first-order valence-corrected chi connectivity index (χ1v) is 10.7. The van der Waals surface area contributed by atoms with Gasteiger partial charge in [0.05, 0.1) is 0 Å². The Labute approximate surface area is 145 Å². The highest BCUT2D eigenvalue weighted by atomic mass is 15.2. The predicted molar refractivity (Wildman–Crippen MR) is 103 cm³/mol. The lowest BCUT2D eigenvalue weighted by Gasteiger charge is -2.36. The van der Waals surface area contributed by atoms with E-state index in [0.29, 0.717) is 5.54 Å². The molecule has 2 fully saturated rings. The fraction of sp³-hybridized carbons (Fsp3) is 0.909. The van der Waals surface area contributed by atoms with Gasteiger partial charge in [-0.1, -0.05) is 58.6 Å². The quantitative estimate of drug-likeness (QED) is 0.290. The van der Waals surface area contributed by atoms with Crippen LogP contribution in [0.4, 0.5) is 0 Å². The molecule has 0 bridgehead atoms. The van der Waals surface area contributed by atoms with Crippen LogP contribution in [0.2, 0.25) is 0 Å². The average Bonchev–Trinajstić information content (AvgIpc) is 3.02. The summed E-state index contributed by atoms with van der Waals surface area (Å²) in [4.78, 5) is 2.83. The fourth-order valence-electron chi connectivity index (χ4n) is 5.30. The molecule has 2 saturated carbocycles. The third-order valence-corrected chi connectivity index (χ3v) is 6.60. The van der Waals surface area contributed by atoms with E-state index in [-0.39, 0.29) is 0 Å². The molecule has 2 rings (SSSR count). The Balaban J connectivity index is 1.73. The van der Waals surface area contributed by atoms with Gasteiger partial charge in [-0.25, -0.2) is 0 Å². The van der Waals surface area contributed by atoms with E-state index in [1.807, 2.05) is 0 Å². The van der Waals surface area contributed by atoms with E-state index in [1.54, 1.807) is 0 Å². The molecule has 134 valence electrons. The van der Waals surface area contributed by atoms with Crippen LogP contribution < -0.4 is 0 Å². The minimum absolute atomic E-state index is 0.616. The van der Waals surface area contributed by atoms with E-state index in [1.165, 1.54) is 90.1 Å². The number of nitrogens with zero attached hydrogens (tertiary/aromatic N) is 1. The third-order valence-electron chi connectivity index (χ3n) is 6.60. The highest BCUT2D eigenvalue weighted by Gasteiger charge is 2.60. The second-order valence-electron chi connectivity index (χ2n) is 7.94. The standard InChI is InChI=1S/C22H41N/c1-4-7-8-9-10-11-12-13-18-21-19-22(21,23(5-2)6-3)20-16-14-15-17-20/h10-11,20-21H,4-9,12-19H2,1-3H3/b11-10+/t21-,22+/m1/s1. The van der Waals surface area contributed by atoms with Crippen molar-refractivity contribution < 1.29 is 0 Å². The van der Waals surface area contributed by atoms with Gasteiger partial charge >= 0.3 is 0 Å². The van der Waals surface area contributed by atoms with Gasteiger partial charge in [0.2, 0.25) is 0 Å². The van der Waals surface area contributed by atoms with Gasteiger partial charge in [0.25, 0.3) is 0 Å². The van der Waals surface area contributed by atoms with Crippen LogP contribution in [-0.4, -0.2) is 23.5 Å². The molecular weight excluding hydrogens is 278 g/mol. The van der Waals surface area contributed by atoms with Gasteiger partial charge < -0.3 is 0 Å². The maximum absolute atomic E-state index is 2.83. The minimum atomic E-state index is 0.616. The van der Waals surface area contributed by atoms with Crippen LogP contribution in [-0.2, 0) is 0 Å². The molecule has 0 aromatic rings. The SMILES string of the molecule is CCCCC/C=C/CCC[C@@H]1C[C@@]1(C1CCCC1)N(CC)CC. The fourth-order valence-corrected chi connectivity index (χ4v) is 5.30. The van der Waals surface area contributed by atoms with Gasteiger partial charge in [-0.2, -0.15) is 0 Å². The van der Waals surface area contributed by atoms with Gasteiger partial charge in [0, 0.05) is 5.54 Å². The topological polar surface area (TPSA) is 3.24 Å². The monoisotopic (exact) mass is 319 g/mol. The van der Waals surface area contributed by atoms with E-state index < -0.39 is 0 Å². The summed E-state index contributed by atoms with van der Waals surface area (Å²) < 4.78 is 0. The molecule has 23 heavy (non-hydrogen) atoms. The number of hydrogen-bond donors (Lipinski definition) is 0. The number of unbranched alkanes of at least 4 members (excludes halogenated alkanes) is 4. The third kappa shape index (κ3) is 4.84. The maximum atomic E-state index is 2.83. The molecule has 0 N–H and O–H groups in total. The maximum Gasteiger partial charge on any atom is 0.0269 e. The molecule has 0 radical (unpaired) electrons. The summed E-state index contributed by atoms with van der Waals surface area (Å²) >= 11 is 0. The summed E-state index contributed by atoms with van der Waals surface area (Å²) in [6.07, 6.45) is 21.9. The Morgan fingerprint density at radius 1 is 0.913 bits per heavy atom. The largest absolute Gasteiger partial charge is 0.298 e. The first-order valence-electron chi connectivity index (χ1n) is 10.7. The highest BCUT2D eigenvalue weighted by Crippen LogP contribution is 2.59. The lowest BCUT2D eigenvalue weighted by atomic mass is 9.90. The van der Waals surface area contributed by atoms with Crippen LogP contribution in [0.1, 0.15) is 97.8 Å². The molecule has 0 aromatic heterocycles. The summed E-state index contributed by atoms with van der Waals surface area (Å²) in [7, 11) is 0. The van der Waals surface area contributed by atoms with Gasteiger partial charge in [0.1, 0.15) is 0 Å². The van der Waals surface area contributed by atoms with Crippen molar-refractivity contribution >= 4 is 0 Å². The van der Waals surface area contributed by atoms with Crippen LogP contribution in [0.15, 0.2) is 12.2 Å². The van der Waals surface area contributed by atoms with Gasteiger partial charge in [-0.3, -0.25) is 4.90 Å². The smallest absolute Gasteiger partial charge is 0.0269 e. The van der Waals surface area contributed by atoms with Crippen LogP contribution in [0.3, 0.4) is 0 Å². The van der Waals surface area contributed by atoms with E-state index >= 15 is 0 Å². The van der Waals surface area contributed by atoms with Crippen LogP contribution in [0.25, 0.3) is 0 Å². The Kier molecular flexibility index (Phi) is 8.16. The van der Waals surface area contributed by atoms with Crippen molar-refractivity contribution in [3.63, 3.8) is 0 Å². The molecule has 1 heteroatoms. The molecule has 2 aliphatic carbocycles. The van der Waals surface area contributed by atoms with Crippen molar-refractivity contribution in [3.8, 4) is 0 Å². The molecule has 0 saturated heterocycles. The molecule has 2 atom stereocenters. The zero-order chi connectivity index (χ0) is 16.5. The van der Waals surface area contributed by atoms with Crippen LogP contribution in [0.5, 0.6) is 0 Å². The number of hydrogen-bond acceptors (Lipinski definition) is 1. The molecule has 2 aliphatic rings. The Morgan fingerprint density at radius 2 is 1.57 bits per heavy atom. The summed E-state index contributed by atoms with van der Waals surface area (Å²) in [6, 6.07) is 0. The first kappa shape index (κ1) is 19.0. The Morgan fingerprint density at radius 3 is 2.17 bits per heavy atom. The molecule has 1 nitrogen and oxygen atoms in total. The lowest BCUT2D eigenvalue weighted by molar-refractivity contribution is 0.116. The highest BCUT2D eigenvalue weighted by molar-refractivity contribution is 5.15. The van der Waals surface area contributed by atoms with Gasteiger partial charge in [-0.15, -0.1) is 0 Å². The normalized spacial score (nSPS) is 28.3. The van der Waals surface area contributed by atoms with Crippen molar-refractivity contribution in [2.45, 2.75) is 103 Å². The zero-order valence-corrected chi connectivity index (χ0v) is 16.2. The van der Waals surface area contributed by atoms with E-state index in [0.717, 1.165) is 11.8 Å². The minimum Gasteiger partial charge on any atom is -0.298 e. The number of allylic oxidation sites excluding steroid dienone is 2. The molecule has 0 heterocycles. The summed E-state index contributed by atoms with van der Waals surface area (Å²) in [5.41, 5.74) is 0.616. The second kappa shape index (κ2) is 9.87. The Bertz CT molecular complexity index is 334. The van der Waals surface area contributed by atoms with Crippen molar-refractivity contribution in [3.05, 3.63) is 12.2 Å². The Hall–Kier alpha value is -0.300. The zero-order valence-electron chi connectivity index (χ0n) is 16.2. The lowest BCUT2D eigenvalue weighted by Crippen LogP contribution is -2.44. The van der Waals surface area contributed by atoms with Crippen LogP contribution >= 0.6 is 0 Å². The molecule has 0 amide bonds. The van der Waals surface area contributed by atoms with Crippen molar-refractivity contribution in [1.29, 1.82) is 0 Å². The van der Waals surface area contributed by atoms with Crippen molar-refractivity contribution in [1.82, 2.24) is 4.90 Å². The van der Waals surface area contributed by atoms with E-state index in [9.17, 15) is 0 Å². The van der Waals surface area contributed by atoms with Gasteiger partial charge in [0.15, 0.2) is 0 Å². The van der Waals surface area contributed by atoms with E-state index in [4.69, 9.17) is 0 Å². The summed E-state index contributed by atoms with van der Waals surface area (Å²) in [5, 5.41) is 0.